The summed E-state index contributed by atoms with van der Waals surface area (Å²) in [7, 11) is -4.19. The van der Waals surface area contributed by atoms with E-state index in [1.54, 1.807) is 13.0 Å². The first kappa shape index (κ1) is 18.6. The molecule has 0 radical (unpaired) electrons. The van der Waals surface area contributed by atoms with Gasteiger partial charge in [0, 0.05) is 37.9 Å². The van der Waals surface area contributed by atoms with Gasteiger partial charge in [-0.15, -0.1) is 8.42 Å². The van der Waals surface area contributed by atoms with E-state index in [9.17, 15) is 8.42 Å². The summed E-state index contributed by atoms with van der Waals surface area (Å²) in [6.45, 7) is 3.10. The van der Waals surface area contributed by atoms with Gasteiger partial charge in [-0.1, -0.05) is 0 Å². The molecular formula is C15H24N2O6S. The summed E-state index contributed by atoms with van der Waals surface area (Å²) in [4.78, 5) is 1.97. The topological polar surface area (TPSA) is 122 Å². The van der Waals surface area contributed by atoms with Crippen molar-refractivity contribution in [3.63, 3.8) is 0 Å². The summed E-state index contributed by atoms with van der Waals surface area (Å²) >= 11 is 0. The fourth-order valence-corrected chi connectivity index (χ4v) is 3.39. The van der Waals surface area contributed by atoms with Gasteiger partial charge in [0.05, 0.1) is 11.4 Å². The minimum absolute atomic E-state index is 0.0538. The normalized spacial score (nSPS) is 14.8. The van der Waals surface area contributed by atoms with Crippen LogP contribution in [0.25, 0.3) is 0 Å². The Hall–Kier alpha value is -1.71. The monoisotopic (exact) mass is 360 g/mol. The Kier molecular flexibility index (Phi) is 6.14. The van der Waals surface area contributed by atoms with E-state index >= 15 is 0 Å². The number of nitrogens with two attached hydrogens (primary N) is 1. The molecule has 1 aromatic rings. The molecule has 1 aromatic carbocycles. The molecule has 2 aliphatic rings. The van der Waals surface area contributed by atoms with Gasteiger partial charge in [-0.2, -0.15) is 0 Å². The Bertz CT molecular complexity index is 667. The van der Waals surface area contributed by atoms with Gasteiger partial charge in [-0.3, -0.25) is 0 Å². The molecule has 0 amide bonds. The number of benzene rings is 1. The highest BCUT2D eigenvalue weighted by atomic mass is 32.3. The number of aliphatic hydroxyl groups is 2. The van der Waals surface area contributed by atoms with Crippen LogP contribution in [0.5, 0.6) is 11.5 Å². The van der Waals surface area contributed by atoms with Crippen LogP contribution in [0.3, 0.4) is 0 Å². The van der Waals surface area contributed by atoms with Gasteiger partial charge in [0.2, 0.25) is 0 Å². The van der Waals surface area contributed by atoms with E-state index in [1.165, 1.54) is 0 Å². The van der Waals surface area contributed by atoms with Crippen molar-refractivity contribution in [3.8, 4) is 11.5 Å². The van der Waals surface area contributed by atoms with Crippen molar-refractivity contribution in [3.05, 3.63) is 11.6 Å². The lowest BCUT2D eigenvalue weighted by Gasteiger charge is -2.26. The SMILES string of the molecule is Cc1c(N)c2cc(N(CCCCO)CCCCO)c1OS(=O)(=O)O2. The zero-order chi connectivity index (χ0) is 17.7. The lowest BCUT2D eigenvalue weighted by Crippen LogP contribution is -2.27. The van der Waals surface area contributed by atoms with E-state index in [-0.39, 0.29) is 30.4 Å². The van der Waals surface area contributed by atoms with Crippen molar-refractivity contribution in [2.75, 3.05) is 36.9 Å². The molecule has 2 heterocycles. The number of anilines is 2. The molecule has 0 fully saturated rings. The van der Waals surface area contributed by atoms with E-state index in [0.29, 0.717) is 37.2 Å². The maximum atomic E-state index is 11.8. The van der Waals surface area contributed by atoms with E-state index in [2.05, 4.69) is 0 Å². The molecule has 24 heavy (non-hydrogen) atoms. The van der Waals surface area contributed by atoms with E-state index in [4.69, 9.17) is 24.3 Å². The van der Waals surface area contributed by atoms with Crippen molar-refractivity contribution in [2.45, 2.75) is 32.6 Å². The fraction of sp³-hybridized carbons (Fsp3) is 0.600. The molecule has 0 saturated heterocycles. The van der Waals surface area contributed by atoms with Crippen molar-refractivity contribution in [1.29, 1.82) is 0 Å². The van der Waals surface area contributed by atoms with Crippen molar-refractivity contribution in [1.82, 2.24) is 0 Å². The molecule has 0 saturated carbocycles. The Morgan fingerprint density at radius 2 is 1.67 bits per heavy atom. The summed E-state index contributed by atoms with van der Waals surface area (Å²) in [6.07, 6.45) is 2.76. The van der Waals surface area contributed by atoms with Crippen LogP contribution in [0.1, 0.15) is 31.2 Å². The second-order valence-electron chi connectivity index (χ2n) is 5.69. The average molecular weight is 360 g/mol. The van der Waals surface area contributed by atoms with Crippen LogP contribution in [0.4, 0.5) is 11.4 Å². The summed E-state index contributed by atoms with van der Waals surface area (Å²) in [5.41, 5.74) is 7.25. The predicted molar refractivity (Wildman–Crippen MR) is 90.6 cm³/mol. The number of nitrogen functional groups attached to an aromatic ring is 1. The standard InChI is InChI=1S/C15H24N2O6S/c1-11-14(16)13-10-12(15(11)23-24(20,21)22-13)17(6-2-4-8-18)7-3-5-9-19/h10,18-19H,2-9,16H2,1H3. The van der Waals surface area contributed by atoms with E-state index in [0.717, 1.165) is 12.8 Å². The third kappa shape index (κ3) is 4.22. The van der Waals surface area contributed by atoms with Crippen LogP contribution < -0.4 is 19.0 Å². The van der Waals surface area contributed by atoms with E-state index < -0.39 is 10.4 Å². The zero-order valence-electron chi connectivity index (χ0n) is 13.7. The Morgan fingerprint density at radius 3 is 2.21 bits per heavy atom. The van der Waals surface area contributed by atoms with Gasteiger partial charge in [0.25, 0.3) is 0 Å². The van der Waals surface area contributed by atoms with Crippen molar-refractivity contribution >= 4 is 21.8 Å². The number of unbranched alkanes of at least 4 members (excludes halogenated alkanes) is 2. The summed E-state index contributed by atoms with van der Waals surface area (Å²) in [6, 6.07) is 1.57. The maximum absolute atomic E-state index is 11.8. The molecule has 2 bridgehead atoms. The van der Waals surface area contributed by atoms with Crippen LogP contribution >= 0.6 is 0 Å². The van der Waals surface area contributed by atoms with Crippen LogP contribution in [0.15, 0.2) is 6.07 Å². The highest BCUT2D eigenvalue weighted by Gasteiger charge is 2.31. The number of nitrogens with zero attached hydrogens (tertiary/aromatic N) is 1. The summed E-state index contributed by atoms with van der Waals surface area (Å²) < 4.78 is 33.6. The molecule has 3 rings (SSSR count). The molecule has 136 valence electrons. The highest BCUT2D eigenvalue weighted by molar-refractivity contribution is 7.82. The number of hydrogen-bond donors (Lipinski definition) is 3. The van der Waals surface area contributed by atoms with Crippen molar-refractivity contribution < 1.29 is 27.0 Å². The molecule has 0 spiro atoms. The minimum atomic E-state index is -4.19. The van der Waals surface area contributed by atoms with E-state index in [1.807, 2.05) is 4.90 Å². The molecule has 0 atom stereocenters. The number of hydrogen-bond acceptors (Lipinski definition) is 8. The third-order valence-corrected chi connectivity index (χ3v) is 4.66. The largest absolute Gasteiger partial charge is 0.501 e. The number of fused-ring (bicyclic) bond motifs is 4. The first-order chi connectivity index (χ1) is 11.4. The van der Waals surface area contributed by atoms with Gasteiger partial charge >= 0.3 is 10.4 Å². The van der Waals surface area contributed by atoms with Crippen LogP contribution in [-0.2, 0) is 10.4 Å². The van der Waals surface area contributed by atoms with Gasteiger partial charge in [-0.25, -0.2) is 0 Å². The summed E-state index contributed by atoms with van der Waals surface area (Å²) in [5.74, 6) is 0.222. The zero-order valence-corrected chi connectivity index (χ0v) is 14.5. The van der Waals surface area contributed by atoms with Crippen LogP contribution in [0, 0.1) is 6.92 Å². The highest BCUT2D eigenvalue weighted by Crippen LogP contribution is 2.45. The fourth-order valence-electron chi connectivity index (χ4n) is 2.59. The molecule has 0 aromatic heterocycles. The molecule has 9 heteroatoms. The number of rotatable bonds is 9. The predicted octanol–water partition coefficient (Wildman–Crippen LogP) is 0.945. The minimum Gasteiger partial charge on any atom is -0.396 e. The maximum Gasteiger partial charge on any atom is 0.501 e. The Morgan fingerprint density at radius 1 is 1.08 bits per heavy atom. The van der Waals surface area contributed by atoms with Gasteiger partial charge in [0.15, 0.2) is 11.5 Å². The second kappa shape index (κ2) is 7.91. The van der Waals surface area contributed by atoms with Gasteiger partial charge in [-0.05, 0) is 32.6 Å². The summed E-state index contributed by atoms with van der Waals surface area (Å²) in [5, 5.41) is 18.0. The second-order valence-corrected chi connectivity index (χ2v) is 6.83. The van der Waals surface area contributed by atoms with Crippen LogP contribution in [0.2, 0.25) is 0 Å². The molecular weight excluding hydrogens is 336 g/mol. The molecule has 0 unspecified atom stereocenters. The van der Waals surface area contributed by atoms with Gasteiger partial charge < -0.3 is 29.2 Å². The smallest absolute Gasteiger partial charge is 0.396 e. The van der Waals surface area contributed by atoms with Crippen molar-refractivity contribution in [2.24, 2.45) is 0 Å². The first-order valence-corrected chi connectivity index (χ1v) is 9.26. The Balaban J connectivity index is 2.36. The molecule has 4 N–H and O–H groups in total. The van der Waals surface area contributed by atoms with Crippen LogP contribution in [-0.4, -0.2) is 44.9 Å². The Labute approximate surface area is 142 Å². The van der Waals surface area contributed by atoms with Gasteiger partial charge in [0.1, 0.15) is 0 Å². The number of aliphatic hydroxyl groups excluding tert-OH is 2. The quantitative estimate of drug-likeness (QED) is 0.439. The first-order valence-electron chi connectivity index (χ1n) is 7.93. The third-order valence-electron chi connectivity index (χ3n) is 3.90. The molecule has 8 nitrogen and oxygen atoms in total. The molecule has 0 aliphatic carbocycles. The molecule has 2 aliphatic heterocycles. The average Bonchev–Trinajstić information content (AvgIpc) is 2.72. The lowest BCUT2D eigenvalue weighted by molar-refractivity contribution is 0.282. The lowest BCUT2D eigenvalue weighted by atomic mass is 10.1.